The molecule has 0 aliphatic rings. The monoisotopic (exact) mass is 328 g/mol. The average Bonchev–Trinajstić information content (AvgIpc) is 2.45. The van der Waals surface area contributed by atoms with E-state index in [1.165, 1.54) is 11.3 Å². The van der Waals surface area contributed by atoms with Crippen LogP contribution in [0, 0.1) is 0 Å². The molecule has 0 saturated carbocycles. The van der Waals surface area contributed by atoms with Gasteiger partial charge in [0.05, 0.1) is 4.99 Å². The Balaban J connectivity index is 2.58. The highest BCUT2D eigenvalue weighted by molar-refractivity contribution is 9.10. The van der Waals surface area contributed by atoms with Gasteiger partial charge in [-0.05, 0) is 27.4 Å². The van der Waals surface area contributed by atoms with Gasteiger partial charge in [-0.15, -0.1) is 11.3 Å². The van der Waals surface area contributed by atoms with E-state index >= 15 is 0 Å². The van der Waals surface area contributed by atoms with Crippen molar-refractivity contribution in [2.75, 3.05) is 5.75 Å². The average molecular weight is 329 g/mol. The van der Waals surface area contributed by atoms with Crippen LogP contribution in [0.3, 0.4) is 0 Å². The molecule has 0 aromatic carbocycles. The molecule has 0 aliphatic carbocycles. The van der Waals surface area contributed by atoms with Crippen molar-refractivity contribution in [2.45, 2.75) is 6.54 Å². The lowest BCUT2D eigenvalue weighted by atomic mass is 10.5. The van der Waals surface area contributed by atoms with Crippen molar-refractivity contribution >= 4 is 54.5 Å². The van der Waals surface area contributed by atoms with E-state index in [-0.39, 0.29) is 17.3 Å². The van der Waals surface area contributed by atoms with E-state index in [4.69, 9.17) is 5.73 Å². The molecule has 3 N–H and O–H groups in total. The van der Waals surface area contributed by atoms with Gasteiger partial charge in [-0.3, -0.25) is 0 Å². The molecule has 1 heterocycles. The van der Waals surface area contributed by atoms with Gasteiger partial charge >= 0.3 is 0 Å². The standard InChI is InChI=1S/C7H9BrN2O2S3/c8-5-1-2-14-6(5)3-10-15(11,12)4-7(9)13/h1-2,10H,3-4H2,(H2,9,13). The fourth-order valence-electron chi connectivity index (χ4n) is 0.865. The second-order valence-electron chi connectivity index (χ2n) is 2.74. The van der Waals surface area contributed by atoms with Crippen molar-refractivity contribution in [2.24, 2.45) is 5.73 Å². The molecule has 0 bridgehead atoms. The van der Waals surface area contributed by atoms with Crippen LogP contribution in [-0.4, -0.2) is 19.2 Å². The zero-order chi connectivity index (χ0) is 11.5. The minimum atomic E-state index is -3.40. The number of halogens is 1. The first kappa shape index (κ1) is 13.0. The van der Waals surface area contributed by atoms with Gasteiger partial charge in [0.2, 0.25) is 10.0 Å². The Morgan fingerprint density at radius 2 is 2.33 bits per heavy atom. The molecule has 1 rings (SSSR count). The zero-order valence-electron chi connectivity index (χ0n) is 7.57. The molecule has 0 atom stereocenters. The lowest BCUT2D eigenvalue weighted by Gasteiger charge is -2.04. The third-order valence-electron chi connectivity index (χ3n) is 1.48. The molecule has 84 valence electrons. The van der Waals surface area contributed by atoms with E-state index in [0.29, 0.717) is 0 Å². The van der Waals surface area contributed by atoms with Gasteiger partial charge < -0.3 is 5.73 Å². The molecule has 0 amide bonds. The lowest BCUT2D eigenvalue weighted by Crippen LogP contribution is -2.31. The first-order chi connectivity index (χ1) is 6.91. The van der Waals surface area contributed by atoms with Gasteiger partial charge in [0.25, 0.3) is 0 Å². The first-order valence-corrected chi connectivity index (χ1v) is 7.61. The Morgan fingerprint density at radius 3 is 2.80 bits per heavy atom. The molecule has 0 radical (unpaired) electrons. The summed E-state index contributed by atoms with van der Waals surface area (Å²) in [5.74, 6) is -0.314. The topological polar surface area (TPSA) is 72.2 Å². The fourth-order valence-corrected chi connectivity index (χ4v) is 3.69. The largest absolute Gasteiger partial charge is 0.392 e. The molecule has 15 heavy (non-hydrogen) atoms. The molecule has 0 fully saturated rings. The van der Waals surface area contributed by atoms with Crippen LogP contribution in [0.1, 0.15) is 4.88 Å². The first-order valence-electron chi connectivity index (χ1n) is 3.88. The number of thiophene rings is 1. The minimum absolute atomic E-state index is 0.0345. The fraction of sp³-hybridized carbons (Fsp3) is 0.286. The van der Waals surface area contributed by atoms with Crippen LogP contribution in [0.4, 0.5) is 0 Å². The SMILES string of the molecule is NC(=S)CS(=O)(=O)NCc1sccc1Br. The van der Waals surface area contributed by atoms with Crippen LogP contribution < -0.4 is 10.5 Å². The second kappa shape index (κ2) is 5.35. The summed E-state index contributed by atoms with van der Waals surface area (Å²) in [6.07, 6.45) is 0. The van der Waals surface area contributed by atoms with Crippen LogP contribution >= 0.6 is 39.5 Å². The summed E-state index contributed by atoms with van der Waals surface area (Å²) >= 11 is 9.32. The minimum Gasteiger partial charge on any atom is -0.392 e. The number of hydrogen-bond donors (Lipinski definition) is 2. The number of nitrogens with two attached hydrogens (primary N) is 1. The van der Waals surface area contributed by atoms with Crippen molar-refractivity contribution in [3.8, 4) is 0 Å². The summed E-state index contributed by atoms with van der Waals surface area (Å²) in [5.41, 5.74) is 5.16. The Morgan fingerprint density at radius 1 is 1.67 bits per heavy atom. The van der Waals surface area contributed by atoms with E-state index in [1.807, 2.05) is 11.4 Å². The van der Waals surface area contributed by atoms with Gasteiger partial charge in [0.15, 0.2) is 0 Å². The molecule has 0 spiro atoms. The predicted molar refractivity (Wildman–Crippen MR) is 69.4 cm³/mol. The number of rotatable bonds is 5. The highest BCUT2D eigenvalue weighted by Gasteiger charge is 2.12. The van der Waals surface area contributed by atoms with Crippen LogP contribution in [-0.2, 0) is 16.6 Å². The molecular formula is C7H9BrN2O2S3. The summed E-state index contributed by atoms with van der Waals surface area (Å²) in [7, 11) is -3.40. The third-order valence-corrected chi connectivity index (χ3v) is 5.00. The van der Waals surface area contributed by atoms with E-state index in [1.54, 1.807) is 0 Å². The van der Waals surface area contributed by atoms with Crippen LogP contribution in [0.25, 0.3) is 0 Å². The molecular weight excluding hydrogens is 320 g/mol. The maximum Gasteiger partial charge on any atom is 0.218 e. The number of nitrogens with one attached hydrogen (secondary N) is 1. The summed E-state index contributed by atoms with van der Waals surface area (Å²) in [4.78, 5) is 0.884. The van der Waals surface area contributed by atoms with Gasteiger partial charge in [0.1, 0.15) is 5.75 Å². The molecule has 0 unspecified atom stereocenters. The number of sulfonamides is 1. The third kappa shape index (κ3) is 4.56. The number of thiocarbonyl (C=S) groups is 1. The molecule has 1 aromatic rings. The maximum absolute atomic E-state index is 11.4. The van der Waals surface area contributed by atoms with Crippen molar-refractivity contribution in [1.29, 1.82) is 0 Å². The van der Waals surface area contributed by atoms with Crippen molar-refractivity contribution in [3.05, 3.63) is 20.8 Å². The lowest BCUT2D eigenvalue weighted by molar-refractivity contribution is 0.586. The molecule has 1 aromatic heterocycles. The second-order valence-corrected chi connectivity index (χ2v) is 6.92. The van der Waals surface area contributed by atoms with Gasteiger partial charge in [-0.2, -0.15) is 0 Å². The summed E-state index contributed by atoms with van der Waals surface area (Å²) in [6, 6.07) is 1.86. The van der Waals surface area contributed by atoms with E-state index in [0.717, 1.165) is 9.35 Å². The van der Waals surface area contributed by atoms with Crippen molar-refractivity contribution in [3.63, 3.8) is 0 Å². The highest BCUT2D eigenvalue weighted by Crippen LogP contribution is 2.22. The zero-order valence-corrected chi connectivity index (χ0v) is 11.6. The quantitative estimate of drug-likeness (QED) is 0.797. The normalized spacial score (nSPS) is 11.5. The summed E-state index contributed by atoms with van der Waals surface area (Å²) in [6.45, 7) is 0.253. The van der Waals surface area contributed by atoms with Gasteiger partial charge in [0, 0.05) is 15.9 Å². The predicted octanol–water partition coefficient (Wildman–Crippen LogP) is 1.22. The molecule has 0 saturated heterocycles. The molecule has 4 nitrogen and oxygen atoms in total. The Hall–Kier alpha value is -0.0200. The van der Waals surface area contributed by atoms with E-state index in [2.05, 4.69) is 32.9 Å². The Labute approximate surface area is 106 Å². The van der Waals surface area contributed by atoms with Gasteiger partial charge in [-0.25, -0.2) is 13.1 Å². The maximum atomic E-state index is 11.4. The summed E-state index contributed by atoms with van der Waals surface area (Å²) < 4.78 is 26.0. The molecule has 8 heteroatoms. The Kier molecular flexibility index (Phi) is 4.65. The van der Waals surface area contributed by atoms with Crippen LogP contribution in [0.15, 0.2) is 15.9 Å². The Bertz CT molecular complexity index is 455. The summed E-state index contributed by atoms with van der Waals surface area (Å²) in [5, 5.41) is 1.88. The van der Waals surface area contributed by atoms with Crippen molar-refractivity contribution in [1.82, 2.24) is 4.72 Å². The van der Waals surface area contributed by atoms with E-state index < -0.39 is 10.0 Å². The van der Waals surface area contributed by atoms with Gasteiger partial charge in [-0.1, -0.05) is 12.2 Å². The highest BCUT2D eigenvalue weighted by atomic mass is 79.9. The van der Waals surface area contributed by atoms with E-state index in [9.17, 15) is 8.42 Å². The van der Waals surface area contributed by atoms with Crippen LogP contribution in [0.2, 0.25) is 0 Å². The smallest absolute Gasteiger partial charge is 0.218 e. The molecule has 0 aliphatic heterocycles. The van der Waals surface area contributed by atoms with Crippen LogP contribution in [0.5, 0.6) is 0 Å². The number of hydrogen-bond acceptors (Lipinski definition) is 4. The van der Waals surface area contributed by atoms with Crippen molar-refractivity contribution < 1.29 is 8.42 Å².